The molecule has 37 heavy (non-hydrogen) atoms. The number of likely N-dealkylation sites (N-methyl/N-ethyl adjacent to an activating group) is 1. The standard InChI is InChI=1S/C30H41N2O5/c1-6-19-32-20-17-23(18-21-32)29(22-32,31(5)27(34)37-28(2,3)4)36-26(33)30(35,24-13-9-7-10-14-24)25-15-11-8-12-16-25/h7-16,23,35H,6,17-22H2,1-5H3/q+1. The molecule has 2 aromatic carbocycles. The van der Waals surface area contributed by atoms with Crippen LogP contribution >= 0.6 is 0 Å². The molecule has 1 amide bonds. The maximum Gasteiger partial charge on any atom is 0.413 e. The monoisotopic (exact) mass is 509 g/mol. The predicted octanol–water partition coefficient (Wildman–Crippen LogP) is 4.68. The number of ether oxygens (including phenoxy) is 2. The number of amides is 1. The van der Waals surface area contributed by atoms with Crippen LogP contribution in [0.3, 0.4) is 0 Å². The molecule has 2 aromatic rings. The number of carbonyl (C=O) groups excluding carboxylic acids is 2. The van der Waals surface area contributed by atoms with E-state index in [9.17, 15) is 14.7 Å². The minimum atomic E-state index is -2.04. The summed E-state index contributed by atoms with van der Waals surface area (Å²) in [6.45, 7) is 11.0. The Morgan fingerprint density at radius 3 is 1.97 bits per heavy atom. The Bertz CT molecular complexity index is 1040. The molecular weight excluding hydrogens is 468 g/mol. The summed E-state index contributed by atoms with van der Waals surface area (Å²) >= 11 is 0. The fraction of sp³-hybridized carbons (Fsp3) is 0.533. The van der Waals surface area contributed by atoms with E-state index >= 15 is 0 Å². The van der Waals surface area contributed by atoms with Crippen LogP contribution < -0.4 is 0 Å². The van der Waals surface area contributed by atoms with Crippen LogP contribution in [0, 0.1) is 5.92 Å². The molecule has 2 bridgehead atoms. The molecule has 3 fully saturated rings. The third-order valence-corrected chi connectivity index (χ3v) is 7.98. The van der Waals surface area contributed by atoms with Crippen molar-refractivity contribution in [2.45, 2.75) is 63.9 Å². The molecule has 0 radical (unpaired) electrons. The van der Waals surface area contributed by atoms with Crippen LogP contribution in [0.2, 0.25) is 0 Å². The number of esters is 1. The number of piperidine rings is 3. The highest BCUT2D eigenvalue weighted by Crippen LogP contribution is 2.46. The van der Waals surface area contributed by atoms with Gasteiger partial charge in [0.2, 0.25) is 11.3 Å². The third-order valence-electron chi connectivity index (χ3n) is 7.98. The molecule has 3 aliphatic heterocycles. The van der Waals surface area contributed by atoms with E-state index in [1.807, 2.05) is 32.9 Å². The zero-order chi connectivity index (χ0) is 26.9. The van der Waals surface area contributed by atoms with Crippen LogP contribution in [0.25, 0.3) is 0 Å². The normalized spacial score (nSPS) is 25.4. The van der Waals surface area contributed by atoms with E-state index in [4.69, 9.17) is 9.47 Å². The first-order chi connectivity index (χ1) is 17.5. The van der Waals surface area contributed by atoms with E-state index in [1.165, 1.54) is 4.90 Å². The van der Waals surface area contributed by atoms with Crippen molar-refractivity contribution in [1.82, 2.24) is 4.90 Å². The summed E-state index contributed by atoms with van der Waals surface area (Å²) in [6.07, 6.45) is 2.11. The van der Waals surface area contributed by atoms with E-state index in [0.717, 1.165) is 43.4 Å². The highest BCUT2D eigenvalue weighted by molar-refractivity contribution is 5.86. The first-order valence-electron chi connectivity index (χ1n) is 13.3. The summed E-state index contributed by atoms with van der Waals surface area (Å²) in [7, 11) is 1.66. The van der Waals surface area contributed by atoms with Gasteiger partial charge in [0.25, 0.3) is 0 Å². The van der Waals surface area contributed by atoms with Crippen molar-refractivity contribution < 1.29 is 28.7 Å². The predicted molar refractivity (Wildman–Crippen MR) is 141 cm³/mol. The van der Waals surface area contributed by atoms with Crippen LogP contribution in [-0.2, 0) is 19.9 Å². The molecule has 0 aliphatic carbocycles. The molecule has 0 aromatic heterocycles. The van der Waals surface area contributed by atoms with Crippen LogP contribution in [0.5, 0.6) is 0 Å². The van der Waals surface area contributed by atoms with Crippen molar-refractivity contribution in [2.75, 3.05) is 33.2 Å². The quantitative estimate of drug-likeness (QED) is 0.333. The second-order valence-corrected chi connectivity index (χ2v) is 11.7. The van der Waals surface area contributed by atoms with Crippen LogP contribution in [0.4, 0.5) is 4.79 Å². The van der Waals surface area contributed by atoms with Crippen molar-refractivity contribution in [1.29, 1.82) is 0 Å². The van der Waals surface area contributed by atoms with E-state index in [1.54, 1.807) is 55.6 Å². The van der Waals surface area contributed by atoms with Crippen LogP contribution in [-0.4, -0.2) is 71.1 Å². The van der Waals surface area contributed by atoms with Gasteiger partial charge in [0.1, 0.15) is 12.1 Å². The molecule has 3 aliphatic rings. The van der Waals surface area contributed by atoms with E-state index < -0.39 is 29.0 Å². The summed E-state index contributed by atoms with van der Waals surface area (Å²) in [5.41, 5.74) is -3.14. The minimum Gasteiger partial charge on any atom is -0.444 e. The number of hydrogen-bond acceptors (Lipinski definition) is 5. The molecule has 0 saturated carbocycles. The molecule has 1 unspecified atom stereocenters. The van der Waals surface area contributed by atoms with Gasteiger partial charge in [-0.1, -0.05) is 67.6 Å². The zero-order valence-electron chi connectivity index (χ0n) is 22.8. The largest absolute Gasteiger partial charge is 0.444 e. The summed E-state index contributed by atoms with van der Waals surface area (Å²) in [4.78, 5) is 29.1. The Kier molecular flexibility index (Phi) is 7.41. The van der Waals surface area contributed by atoms with Gasteiger partial charge in [-0.2, -0.15) is 0 Å². The van der Waals surface area contributed by atoms with Gasteiger partial charge in [-0.3, -0.25) is 4.90 Å². The Balaban J connectivity index is 1.79. The van der Waals surface area contributed by atoms with Gasteiger partial charge >= 0.3 is 12.1 Å². The average molecular weight is 510 g/mol. The Morgan fingerprint density at radius 2 is 1.51 bits per heavy atom. The molecule has 1 N–H and O–H groups in total. The topological polar surface area (TPSA) is 76.1 Å². The van der Waals surface area contributed by atoms with Gasteiger partial charge in [-0.05, 0) is 38.3 Å². The van der Waals surface area contributed by atoms with Crippen molar-refractivity contribution in [3.05, 3.63) is 71.8 Å². The third kappa shape index (κ3) is 5.12. The molecule has 200 valence electrons. The number of nitrogens with zero attached hydrogens (tertiary/aromatic N) is 2. The summed E-state index contributed by atoms with van der Waals surface area (Å²) in [5.74, 6) is -0.842. The van der Waals surface area contributed by atoms with Crippen molar-refractivity contribution in [3.63, 3.8) is 0 Å². The van der Waals surface area contributed by atoms with Gasteiger partial charge < -0.3 is 19.1 Å². The lowest BCUT2D eigenvalue weighted by molar-refractivity contribution is -0.952. The number of fused-ring (bicyclic) bond motifs is 3. The first kappa shape index (κ1) is 27.1. The summed E-state index contributed by atoms with van der Waals surface area (Å²) < 4.78 is 13.0. The molecule has 7 nitrogen and oxygen atoms in total. The highest BCUT2D eigenvalue weighted by atomic mass is 16.6. The van der Waals surface area contributed by atoms with E-state index in [0.29, 0.717) is 17.7 Å². The number of aliphatic hydroxyl groups is 1. The zero-order valence-corrected chi connectivity index (χ0v) is 22.8. The van der Waals surface area contributed by atoms with Gasteiger partial charge in [-0.15, -0.1) is 0 Å². The van der Waals surface area contributed by atoms with Crippen molar-refractivity contribution in [2.24, 2.45) is 5.92 Å². The van der Waals surface area contributed by atoms with Crippen molar-refractivity contribution in [3.8, 4) is 0 Å². The van der Waals surface area contributed by atoms with Gasteiger partial charge in [0, 0.05) is 25.8 Å². The number of benzene rings is 2. The second kappa shape index (κ2) is 10.1. The lowest BCUT2D eigenvalue weighted by Crippen LogP contribution is -2.76. The van der Waals surface area contributed by atoms with Crippen LogP contribution in [0.1, 0.15) is 58.1 Å². The lowest BCUT2D eigenvalue weighted by atomic mass is 9.77. The molecule has 3 saturated heterocycles. The second-order valence-electron chi connectivity index (χ2n) is 11.7. The van der Waals surface area contributed by atoms with Gasteiger partial charge in [-0.25, -0.2) is 9.59 Å². The summed E-state index contributed by atoms with van der Waals surface area (Å²) in [5, 5.41) is 12.1. The summed E-state index contributed by atoms with van der Waals surface area (Å²) in [6, 6.07) is 17.7. The highest BCUT2D eigenvalue weighted by Gasteiger charge is 2.63. The SMILES string of the molecule is CCC[N+]12CCC(CC1)C(OC(=O)C(O)(c1ccccc1)c1ccccc1)(N(C)C(=O)OC(C)(C)C)C2. The number of rotatable bonds is 7. The fourth-order valence-electron chi connectivity index (χ4n) is 6.16. The average Bonchev–Trinajstić information content (AvgIpc) is 2.88. The Labute approximate surface area is 220 Å². The fourth-order valence-corrected chi connectivity index (χ4v) is 6.16. The maximum absolute atomic E-state index is 14.2. The van der Waals surface area contributed by atoms with Gasteiger partial charge in [0.05, 0.1) is 19.6 Å². The molecule has 7 heteroatoms. The van der Waals surface area contributed by atoms with Crippen LogP contribution in [0.15, 0.2) is 60.7 Å². The Morgan fingerprint density at radius 1 is 1.00 bits per heavy atom. The van der Waals surface area contributed by atoms with Crippen molar-refractivity contribution >= 4 is 12.1 Å². The number of carbonyl (C=O) groups is 2. The smallest absolute Gasteiger partial charge is 0.413 e. The molecule has 0 spiro atoms. The molecule has 1 atom stereocenters. The van der Waals surface area contributed by atoms with E-state index in [2.05, 4.69) is 6.92 Å². The molecular formula is C30H41N2O5+. The number of hydrogen-bond donors (Lipinski definition) is 1. The molecule has 3 heterocycles. The lowest BCUT2D eigenvalue weighted by Gasteiger charge is -2.59. The first-order valence-corrected chi connectivity index (χ1v) is 13.3. The number of quaternary nitrogens is 1. The maximum atomic E-state index is 14.2. The molecule has 5 rings (SSSR count). The van der Waals surface area contributed by atoms with E-state index in [-0.39, 0.29) is 5.92 Å². The Hall–Kier alpha value is -2.90. The van der Waals surface area contributed by atoms with Gasteiger partial charge in [0.15, 0.2) is 0 Å². The minimum absolute atomic E-state index is 0.0541.